The molecule has 0 bridgehead atoms. The Morgan fingerprint density at radius 3 is 3.08 bits per heavy atom. The summed E-state index contributed by atoms with van der Waals surface area (Å²) in [5, 5.41) is 15.4. The Morgan fingerprint density at radius 1 is 1.52 bits per heavy atom. The van der Waals surface area contributed by atoms with Crippen LogP contribution in [0.1, 0.15) is 54.9 Å². The monoisotopic (exact) mass is 365 g/mol. The predicted molar refractivity (Wildman–Crippen MR) is 95.2 cm³/mol. The van der Waals surface area contributed by atoms with Crippen molar-refractivity contribution >= 4 is 33.4 Å². The maximum atomic E-state index is 12.5. The first-order chi connectivity index (χ1) is 12.0. The van der Waals surface area contributed by atoms with Crippen LogP contribution in [0.3, 0.4) is 0 Å². The molecule has 3 heterocycles. The van der Waals surface area contributed by atoms with Crippen LogP contribution in [0.4, 0.5) is 4.79 Å². The molecule has 1 aliphatic rings. The van der Waals surface area contributed by atoms with E-state index < -0.39 is 6.09 Å². The van der Waals surface area contributed by atoms with E-state index in [1.807, 2.05) is 17.7 Å². The molecule has 0 spiro atoms. The molecule has 0 aromatic carbocycles. The third-order valence-corrected chi connectivity index (χ3v) is 5.56. The minimum atomic E-state index is -1.03. The lowest BCUT2D eigenvalue weighted by molar-refractivity contribution is -0.0366. The molecule has 0 radical (unpaired) electrons. The summed E-state index contributed by atoms with van der Waals surface area (Å²) >= 11 is 1.46. The maximum absolute atomic E-state index is 12.5. The van der Waals surface area contributed by atoms with Crippen LogP contribution in [0.2, 0.25) is 0 Å². The molecule has 1 amide bonds. The van der Waals surface area contributed by atoms with Crippen molar-refractivity contribution in [1.82, 2.24) is 15.1 Å². The number of nitrogens with one attached hydrogen (secondary N) is 1. The van der Waals surface area contributed by atoms with Crippen molar-refractivity contribution in [1.29, 1.82) is 0 Å². The highest BCUT2D eigenvalue weighted by atomic mass is 32.1. The van der Waals surface area contributed by atoms with Crippen molar-refractivity contribution in [3.63, 3.8) is 0 Å². The molecule has 25 heavy (non-hydrogen) atoms. The van der Waals surface area contributed by atoms with Gasteiger partial charge in [-0.15, -0.1) is 11.3 Å². The van der Waals surface area contributed by atoms with Crippen molar-refractivity contribution in [3.8, 4) is 0 Å². The normalized spacial score (nSPS) is 19.0. The number of ether oxygens (including phenoxy) is 1. The van der Waals surface area contributed by atoms with Gasteiger partial charge in [-0.05, 0) is 37.7 Å². The van der Waals surface area contributed by atoms with Gasteiger partial charge in [0.15, 0.2) is 12.0 Å². The second kappa shape index (κ2) is 7.97. The molecule has 2 atom stereocenters. The van der Waals surface area contributed by atoms with Gasteiger partial charge in [0.2, 0.25) is 0 Å². The Kier molecular flexibility index (Phi) is 5.70. The van der Waals surface area contributed by atoms with Gasteiger partial charge >= 0.3 is 6.09 Å². The third kappa shape index (κ3) is 4.38. The van der Waals surface area contributed by atoms with Crippen LogP contribution in [-0.2, 0) is 4.74 Å². The Morgan fingerprint density at radius 2 is 2.36 bits per heavy atom. The number of amides is 1. The summed E-state index contributed by atoms with van der Waals surface area (Å²) in [4.78, 5) is 23.7. The highest BCUT2D eigenvalue weighted by Crippen LogP contribution is 2.31. The van der Waals surface area contributed by atoms with Gasteiger partial charge in [-0.3, -0.25) is 4.79 Å². The van der Waals surface area contributed by atoms with E-state index in [1.165, 1.54) is 11.3 Å². The van der Waals surface area contributed by atoms with Gasteiger partial charge in [-0.2, -0.15) is 5.10 Å². The highest BCUT2D eigenvalue weighted by molar-refractivity contribution is 7.20. The molecule has 2 aromatic rings. The highest BCUT2D eigenvalue weighted by Gasteiger charge is 2.21. The number of carbonyl (C=O) groups excluding carboxylic acids is 1. The molecule has 8 heteroatoms. The molecule has 0 aliphatic carbocycles. The molecule has 3 rings (SSSR count). The fourth-order valence-electron chi connectivity index (χ4n) is 2.99. The zero-order valence-electron chi connectivity index (χ0n) is 14.2. The van der Waals surface area contributed by atoms with Gasteiger partial charge in [-0.1, -0.05) is 6.92 Å². The van der Waals surface area contributed by atoms with E-state index in [9.17, 15) is 9.59 Å². The molecule has 1 saturated heterocycles. The molecule has 2 aromatic heterocycles. The molecule has 2 N–H and O–H groups in total. The first-order valence-corrected chi connectivity index (χ1v) is 9.45. The van der Waals surface area contributed by atoms with E-state index in [0.29, 0.717) is 19.4 Å². The van der Waals surface area contributed by atoms with Crippen molar-refractivity contribution < 1.29 is 19.4 Å². The predicted octanol–water partition coefficient (Wildman–Crippen LogP) is 3.66. The Labute approximate surface area is 150 Å². The molecule has 7 nitrogen and oxygen atoms in total. The van der Waals surface area contributed by atoms with E-state index in [-0.39, 0.29) is 17.9 Å². The lowest BCUT2D eigenvalue weighted by Gasteiger charge is -2.23. The standard InChI is InChI=1S/C17H23N3O4S/c1-11(9-18-17(22)23)5-6-13(21)14-8-12-15(25-14)10-19-20(12)16-4-2-3-7-24-16/h8,10-11,16,18H,2-7,9H2,1H3,(H,22,23). The Balaban J connectivity index is 1.62. The summed E-state index contributed by atoms with van der Waals surface area (Å²) in [5.74, 6) is 0.222. The topological polar surface area (TPSA) is 93.5 Å². The second-order valence-corrected chi connectivity index (χ2v) is 7.61. The van der Waals surface area contributed by atoms with Crippen LogP contribution < -0.4 is 5.32 Å². The number of aromatic nitrogens is 2. The molecular formula is C17H23N3O4S. The van der Waals surface area contributed by atoms with Crippen LogP contribution in [0, 0.1) is 5.92 Å². The maximum Gasteiger partial charge on any atom is 0.404 e. The van der Waals surface area contributed by atoms with Gasteiger partial charge in [-0.25, -0.2) is 9.48 Å². The number of fused-ring (bicyclic) bond motifs is 1. The van der Waals surface area contributed by atoms with Crippen LogP contribution in [0.5, 0.6) is 0 Å². The van der Waals surface area contributed by atoms with Gasteiger partial charge in [0.05, 0.1) is 21.3 Å². The van der Waals surface area contributed by atoms with Gasteiger partial charge in [0.1, 0.15) is 0 Å². The SMILES string of the molecule is CC(CCC(=O)c1cc2c(cnn2C2CCCCO2)s1)CNC(=O)O. The second-order valence-electron chi connectivity index (χ2n) is 6.52. The Bertz CT molecular complexity index is 748. The number of hydrogen-bond donors (Lipinski definition) is 2. The first-order valence-electron chi connectivity index (χ1n) is 8.63. The van der Waals surface area contributed by atoms with E-state index in [4.69, 9.17) is 9.84 Å². The summed E-state index contributed by atoms with van der Waals surface area (Å²) in [6.07, 6.45) is 4.97. The van der Waals surface area contributed by atoms with Gasteiger partial charge < -0.3 is 15.2 Å². The third-order valence-electron chi connectivity index (χ3n) is 4.46. The van der Waals surface area contributed by atoms with Crippen LogP contribution in [-0.4, -0.2) is 39.9 Å². The van der Waals surface area contributed by atoms with Crippen molar-refractivity contribution in [3.05, 3.63) is 17.1 Å². The average molecular weight is 365 g/mol. The Hall–Kier alpha value is -1.93. The fraction of sp³-hybridized carbons (Fsp3) is 0.588. The molecule has 1 aliphatic heterocycles. The zero-order chi connectivity index (χ0) is 17.8. The number of carbonyl (C=O) groups is 2. The van der Waals surface area contributed by atoms with Gasteiger partial charge in [0, 0.05) is 19.6 Å². The quantitative estimate of drug-likeness (QED) is 0.730. The number of ketones is 1. The smallest absolute Gasteiger partial charge is 0.404 e. The van der Waals surface area contributed by atoms with E-state index >= 15 is 0 Å². The number of rotatable bonds is 7. The minimum absolute atomic E-state index is 0.0362. The molecular weight excluding hydrogens is 342 g/mol. The summed E-state index contributed by atoms with van der Waals surface area (Å²) in [6, 6.07) is 1.91. The average Bonchev–Trinajstić information content (AvgIpc) is 3.19. The fourth-order valence-corrected chi connectivity index (χ4v) is 3.97. The zero-order valence-corrected chi connectivity index (χ0v) is 15.1. The van der Waals surface area contributed by atoms with Crippen LogP contribution >= 0.6 is 11.3 Å². The molecule has 136 valence electrons. The van der Waals surface area contributed by atoms with Crippen molar-refractivity contribution in [2.75, 3.05) is 13.2 Å². The number of Topliss-reactive ketones (excluding diaryl/α,β-unsaturated/α-hetero) is 1. The summed E-state index contributed by atoms with van der Waals surface area (Å²) in [6.45, 7) is 3.06. The van der Waals surface area contributed by atoms with Crippen molar-refractivity contribution in [2.24, 2.45) is 5.92 Å². The summed E-state index contributed by atoms with van der Waals surface area (Å²) in [7, 11) is 0. The molecule has 1 fully saturated rings. The first kappa shape index (κ1) is 17.9. The van der Waals surface area contributed by atoms with E-state index in [0.717, 1.165) is 41.0 Å². The number of hydrogen-bond acceptors (Lipinski definition) is 5. The van der Waals surface area contributed by atoms with Crippen LogP contribution in [0.25, 0.3) is 10.2 Å². The van der Waals surface area contributed by atoms with E-state index in [2.05, 4.69) is 10.4 Å². The number of carboxylic acid groups (broad SMARTS) is 1. The van der Waals surface area contributed by atoms with Crippen molar-refractivity contribution in [2.45, 2.75) is 45.3 Å². The minimum Gasteiger partial charge on any atom is -0.465 e. The largest absolute Gasteiger partial charge is 0.465 e. The number of thiophene rings is 1. The molecule has 2 unspecified atom stereocenters. The van der Waals surface area contributed by atoms with E-state index in [1.54, 1.807) is 6.20 Å². The molecule has 0 saturated carbocycles. The van der Waals surface area contributed by atoms with Crippen LogP contribution in [0.15, 0.2) is 12.3 Å². The number of nitrogens with zero attached hydrogens (tertiary/aromatic N) is 2. The van der Waals surface area contributed by atoms with Gasteiger partial charge in [0.25, 0.3) is 0 Å². The summed E-state index contributed by atoms with van der Waals surface area (Å²) < 4.78 is 8.68. The lowest BCUT2D eigenvalue weighted by Crippen LogP contribution is -2.26. The summed E-state index contributed by atoms with van der Waals surface area (Å²) in [5.41, 5.74) is 0.959. The lowest BCUT2D eigenvalue weighted by atomic mass is 10.0.